The van der Waals surface area contributed by atoms with Crippen molar-refractivity contribution < 1.29 is 18.7 Å². The van der Waals surface area contributed by atoms with Gasteiger partial charge in [-0.15, -0.1) is 11.8 Å². The second kappa shape index (κ2) is 10.0. The normalized spacial score (nSPS) is 13.4. The smallest absolute Gasteiger partial charge is 0.319 e. The van der Waals surface area contributed by atoms with Crippen molar-refractivity contribution in [3.8, 4) is 0 Å². The number of amides is 1. The second-order valence-electron chi connectivity index (χ2n) is 6.27. The predicted octanol–water partition coefficient (Wildman–Crippen LogP) is 5.29. The number of rotatable bonds is 8. The van der Waals surface area contributed by atoms with Gasteiger partial charge >= 0.3 is 5.97 Å². The Morgan fingerprint density at radius 1 is 1.28 bits per heavy atom. The first-order chi connectivity index (χ1) is 11.6. The van der Waals surface area contributed by atoms with E-state index < -0.39 is 11.1 Å². The Hall–Kier alpha value is -1.27. The maximum absolute atomic E-state index is 14.1. The van der Waals surface area contributed by atoms with E-state index >= 15 is 0 Å². The number of thioether (sulfide) groups is 1. The highest BCUT2D eigenvalue weighted by atomic mass is 35.5. The highest BCUT2D eigenvalue weighted by Crippen LogP contribution is 2.35. The minimum atomic E-state index is -0.607. The molecule has 7 heteroatoms. The molecule has 0 aliphatic heterocycles. The van der Waals surface area contributed by atoms with Crippen LogP contribution < -0.4 is 5.32 Å². The monoisotopic (exact) mass is 389 g/mol. The van der Waals surface area contributed by atoms with E-state index in [2.05, 4.69) is 5.32 Å². The van der Waals surface area contributed by atoms with Gasteiger partial charge in [0.05, 0.1) is 16.8 Å². The quantitative estimate of drug-likeness (QED) is 0.485. The third kappa shape index (κ3) is 7.24. The van der Waals surface area contributed by atoms with Crippen LogP contribution in [0, 0.1) is 11.7 Å². The summed E-state index contributed by atoms with van der Waals surface area (Å²) in [5, 5.41) is 2.26. The minimum Gasteiger partial charge on any atom is -0.462 e. The highest BCUT2D eigenvalue weighted by molar-refractivity contribution is 8.00. The first-order valence-electron chi connectivity index (χ1n) is 8.30. The van der Waals surface area contributed by atoms with E-state index in [9.17, 15) is 14.0 Å². The van der Waals surface area contributed by atoms with E-state index in [0.717, 1.165) is 24.2 Å². The number of nitrogens with one attached hydrogen (secondary N) is 1. The summed E-state index contributed by atoms with van der Waals surface area (Å²) >= 11 is 7.24. The fourth-order valence-electron chi connectivity index (χ4n) is 1.94. The topological polar surface area (TPSA) is 55.4 Å². The maximum Gasteiger partial charge on any atom is 0.319 e. The molecule has 0 aliphatic carbocycles. The summed E-state index contributed by atoms with van der Waals surface area (Å²) in [4.78, 5) is 24.4. The number of ether oxygens (including phenoxy) is 1. The first-order valence-corrected chi connectivity index (χ1v) is 9.55. The van der Waals surface area contributed by atoms with Crippen molar-refractivity contribution in [2.24, 2.45) is 5.92 Å². The van der Waals surface area contributed by atoms with Crippen LogP contribution in [0.5, 0.6) is 0 Å². The summed E-state index contributed by atoms with van der Waals surface area (Å²) in [6, 6.07) is 2.60. The SMILES string of the molecule is CCC(C)CC(=O)Nc1cc(SC(C)C(=O)OC(C)C)c(Cl)cc1F. The lowest BCUT2D eigenvalue weighted by molar-refractivity contribution is -0.146. The standard InChI is InChI=1S/C18H25ClFNO3S/c1-6-11(4)7-17(22)21-15-9-16(13(19)8-14(15)20)25-12(5)18(23)24-10(2)3/h8-12H,6-7H2,1-5H3,(H,21,22). The van der Waals surface area contributed by atoms with Crippen molar-refractivity contribution in [1.82, 2.24) is 0 Å². The molecule has 0 heterocycles. The lowest BCUT2D eigenvalue weighted by Crippen LogP contribution is -2.20. The Balaban J connectivity index is 2.88. The third-order valence-corrected chi connectivity index (χ3v) is 5.08. The van der Waals surface area contributed by atoms with Gasteiger partial charge in [-0.05, 0) is 38.8 Å². The molecule has 0 saturated heterocycles. The number of hydrogen-bond donors (Lipinski definition) is 1. The van der Waals surface area contributed by atoms with Gasteiger partial charge in [-0.25, -0.2) is 4.39 Å². The Morgan fingerprint density at radius 2 is 1.92 bits per heavy atom. The molecule has 1 aromatic carbocycles. The highest BCUT2D eigenvalue weighted by Gasteiger charge is 2.20. The van der Waals surface area contributed by atoms with Crippen molar-refractivity contribution in [3.05, 3.63) is 23.0 Å². The van der Waals surface area contributed by atoms with Crippen LogP contribution in [0.1, 0.15) is 47.5 Å². The number of carbonyl (C=O) groups excluding carboxylic acids is 2. The van der Waals surface area contributed by atoms with Gasteiger partial charge in [-0.1, -0.05) is 31.9 Å². The molecule has 25 heavy (non-hydrogen) atoms. The van der Waals surface area contributed by atoms with Gasteiger partial charge in [-0.2, -0.15) is 0 Å². The van der Waals surface area contributed by atoms with Crippen LogP contribution in [0.4, 0.5) is 10.1 Å². The number of anilines is 1. The van der Waals surface area contributed by atoms with Crippen LogP contribution in [0.25, 0.3) is 0 Å². The fraction of sp³-hybridized carbons (Fsp3) is 0.556. The molecule has 1 N–H and O–H groups in total. The molecule has 4 nitrogen and oxygen atoms in total. The molecule has 0 saturated carbocycles. The Labute approximate surface area is 157 Å². The van der Waals surface area contributed by atoms with E-state index in [1.54, 1.807) is 20.8 Å². The largest absolute Gasteiger partial charge is 0.462 e. The first kappa shape index (κ1) is 21.8. The number of halogens is 2. The van der Waals surface area contributed by atoms with Gasteiger partial charge in [0.1, 0.15) is 11.1 Å². The molecule has 1 aromatic rings. The molecule has 0 aromatic heterocycles. The molecule has 0 bridgehead atoms. The summed E-state index contributed by atoms with van der Waals surface area (Å²) in [5.74, 6) is -1.01. The van der Waals surface area contributed by atoms with Gasteiger partial charge in [0, 0.05) is 11.3 Å². The average Bonchev–Trinajstić information content (AvgIpc) is 2.50. The molecule has 2 unspecified atom stereocenters. The minimum absolute atomic E-state index is 0.0598. The van der Waals surface area contributed by atoms with Crippen LogP contribution in [-0.4, -0.2) is 23.2 Å². The van der Waals surface area contributed by atoms with Crippen LogP contribution in [-0.2, 0) is 14.3 Å². The van der Waals surface area contributed by atoms with Crippen molar-refractivity contribution in [3.63, 3.8) is 0 Å². The molecular weight excluding hydrogens is 365 g/mol. The van der Waals surface area contributed by atoms with Gasteiger partial charge in [0.15, 0.2) is 0 Å². The van der Waals surface area contributed by atoms with Crippen LogP contribution in [0.2, 0.25) is 5.02 Å². The van der Waals surface area contributed by atoms with E-state index in [0.29, 0.717) is 11.3 Å². The van der Waals surface area contributed by atoms with Gasteiger partial charge in [-0.3, -0.25) is 9.59 Å². The zero-order valence-electron chi connectivity index (χ0n) is 15.2. The van der Waals surface area contributed by atoms with Crippen LogP contribution >= 0.6 is 23.4 Å². The summed E-state index contributed by atoms with van der Waals surface area (Å²) < 4.78 is 19.2. The average molecular weight is 390 g/mol. The van der Waals surface area contributed by atoms with E-state index in [4.69, 9.17) is 16.3 Å². The molecule has 140 valence electrons. The number of benzene rings is 1. The maximum atomic E-state index is 14.1. The summed E-state index contributed by atoms with van der Waals surface area (Å²) in [5.41, 5.74) is 0.0598. The Morgan fingerprint density at radius 3 is 2.48 bits per heavy atom. The number of esters is 1. The van der Waals surface area contributed by atoms with Crippen molar-refractivity contribution >= 4 is 40.9 Å². The van der Waals surface area contributed by atoms with E-state index in [1.807, 2.05) is 13.8 Å². The zero-order valence-corrected chi connectivity index (χ0v) is 16.8. The molecule has 1 amide bonds. The lowest BCUT2D eigenvalue weighted by atomic mass is 10.1. The Kier molecular flexibility index (Phi) is 8.73. The molecule has 1 rings (SSSR count). The predicted molar refractivity (Wildman–Crippen MR) is 101 cm³/mol. The second-order valence-corrected chi connectivity index (χ2v) is 8.06. The van der Waals surface area contributed by atoms with Gasteiger partial charge in [0.25, 0.3) is 0 Å². The molecular formula is C18H25ClFNO3S. The zero-order chi connectivity index (χ0) is 19.1. The van der Waals surface area contributed by atoms with Gasteiger partial charge < -0.3 is 10.1 Å². The van der Waals surface area contributed by atoms with Crippen molar-refractivity contribution in [1.29, 1.82) is 0 Å². The molecule has 2 atom stereocenters. The molecule has 0 radical (unpaired) electrons. The van der Waals surface area contributed by atoms with E-state index in [1.165, 1.54) is 6.07 Å². The Bertz CT molecular complexity index is 625. The van der Waals surface area contributed by atoms with Gasteiger partial charge in [0.2, 0.25) is 5.91 Å². The molecule has 0 fully saturated rings. The van der Waals surface area contributed by atoms with Crippen LogP contribution in [0.3, 0.4) is 0 Å². The summed E-state index contributed by atoms with van der Waals surface area (Å²) in [6.07, 6.45) is 0.972. The number of hydrogen-bond acceptors (Lipinski definition) is 4. The van der Waals surface area contributed by atoms with E-state index in [-0.39, 0.29) is 34.6 Å². The number of carbonyl (C=O) groups is 2. The van der Waals surface area contributed by atoms with Crippen molar-refractivity contribution in [2.45, 2.75) is 63.7 Å². The van der Waals surface area contributed by atoms with Crippen LogP contribution in [0.15, 0.2) is 17.0 Å². The van der Waals surface area contributed by atoms with Crippen molar-refractivity contribution in [2.75, 3.05) is 5.32 Å². The lowest BCUT2D eigenvalue weighted by Gasteiger charge is -2.16. The summed E-state index contributed by atoms with van der Waals surface area (Å²) in [6.45, 7) is 9.18. The molecule has 0 aliphatic rings. The molecule has 0 spiro atoms. The fourth-order valence-corrected chi connectivity index (χ4v) is 3.12. The third-order valence-electron chi connectivity index (χ3n) is 3.51. The summed E-state index contributed by atoms with van der Waals surface area (Å²) in [7, 11) is 0.